The van der Waals surface area contributed by atoms with Crippen molar-refractivity contribution in [3.05, 3.63) is 65.3 Å². The largest absolute Gasteiger partial charge is 0.494 e. The molecule has 0 radical (unpaired) electrons. The number of hydrogen-bond donors (Lipinski definition) is 5. The SMILES string of the molecule is COc1cnc(O[C@@H]2C[C@H]3C(=O)N[C@]4(C(=O)NS(=O)(=O)C5CC5)C[C@H]4/C=C\CCCCC[C@@H](NC(=O)Nc4ccc5c(c4)B(O)OC5)C(=O)N3C2)c2cc(Cl)ccc12. The van der Waals surface area contributed by atoms with E-state index in [4.69, 9.17) is 25.7 Å². The lowest BCUT2D eigenvalue weighted by Gasteiger charge is -2.30. The standard InChI is InChI=1S/C39H44BClN6O10S/c1-55-33-19-42-35(29-15-24(41)10-14-28(29)33)57-26-17-32-34(48)45-39(37(50)46-58(53,54)27-12-13-27)18-23(39)7-5-3-2-4-6-8-31(36(49)47(32)20-26)44-38(51)43-25-11-9-22-21-56-40(52)30(22)16-25/h5,7,9-11,14-16,19,23,26-27,31-32,52H,2-4,6,8,12-13,17-18,20-21H2,1H3,(H,45,48)(H,46,50)(H2,43,44,51)/b7-5-/t23-,26-,31-,32+,39-/m1/s1. The van der Waals surface area contributed by atoms with Gasteiger partial charge in [0.15, 0.2) is 0 Å². The molecular formula is C39H44BClN6O10S. The van der Waals surface area contributed by atoms with Gasteiger partial charge in [-0.3, -0.25) is 19.1 Å². The summed E-state index contributed by atoms with van der Waals surface area (Å²) >= 11 is 6.36. The van der Waals surface area contributed by atoms with Crippen LogP contribution in [0.1, 0.15) is 63.4 Å². The minimum Gasteiger partial charge on any atom is -0.494 e. The zero-order valence-electron chi connectivity index (χ0n) is 31.7. The number of fused-ring (bicyclic) bond motifs is 4. The van der Waals surface area contributed by atoms with E-state index in [1.54, 1.807) is 36.4 Å². The summed E-state index contributed by atoms with van der Waals surface area (Å²) in [6, 6.07) is 7.28. The summed E-state index contributed by atoms with van der Waals surface area (Å²) < 4.78 is 45.2. The molecule has 16 nitrogen and oxygen atoms in total. The first-order valence-electron chi connectivity index (χ1n) is 19.5. The van der Waals surface area contributed by atoms with Gasteiger partial charge in [0.2, 0.25) is 27.7 Å². The Morgan fingerprint density at radius 3 is 2.72 bits per heavy atom. The van der Waals surface area contributed by atoms with Crippen molar-refractivity contribution in [3.63, 3.8) is 0 Å². The molecular weight excluding hydrogens is 791 g/mol. The van der Waals surface area contributed by atoms with Crippen molar-refractivity contribution in [2.24, 2.45) is 5.92 Å². The summed E-state index contributed by atoms with van der Waals surface area (Å²) in [5.74, 6) is -1.79. The van der Waals surface area contributed by atoms with Gasteiger partial charge in [-0.1, -0.05) is 42.7 Å². The number of ether oxygens (including phenoxy) is 2. The highest BCUT2D eigenvalue weighted by molar-refractivity contribution is 7.91. The van der Waals surface area contributed by atoms with Crippen LogP contribution in [0.15, 0.2) is 54.7 Å². The lowest BCUT2D eigenvalue weighted by molar-refractivity contribution is -0.141. The average molecular weight is 835 g/mol. The van der Waals surface area contributed by atoms with E-state index in [1.807, 2.05) is 12.2 Å². The van der Waals surface area contributed by atoms with Crippen LogP contribution < -0.4 is 35.6 Å². The summed E-state index contributed by atoms with van der Waals surface area (Å²) in [6.07, 6.45) is 8.57. The highest BCUT2D eigenvalue weighted by Gasteiger charge is 2.62. The molecule has 2 aromatic carbocycles. The van der Waals surface area contributed by atoms with Gasteiger partial charge in [-0.05, 0) is 79.9 Å². The second-order valence-corrected chi connectivity index (χ2v) is 17.9. The fourth-order valence-corrected chi connectivity index (χ4v) is 9.58. The molecule has 3 aliphatic heterocycles. The molecule has 5 amide bonds. The van der Waals surface area contributed by atoms with Gasteiger partial charge in [0.25, 0.3) is 5.91 Å². The Morgan fingerprint density at radius 1 is 1.10 bits per heavy atom. The number of urea groups is 1. The maximum atomic E-state index is 14.7. The van der Waals surface area contributed by atoms with E-state index in [0.29, 0.717) is 58.4 Å². The minimum atomic E-state index is -3.92. The van der Waals surface area contributed by atoms with Crippen molar-refractivity contribution in [3.8, 4) is 11.6 Å². The number of carbonyl (C=O) groups is 4. The third-order valence-electron chi connectivity index (χ3n) is 11.5. The molecule has 306 valence electrons. The quantitative estimate of drug-likeness (QED) is 0.164. The smallest absolute Gasteiger partial charge is 0.491 e. The van der Waals surface area contributed by atoms with Crippen LogP contribution in [0.5, 0.6) is 11.6 Å². The van der Waals surface area contributed by atoms with Crippen LogP contribution in [-0.4, -0.2) is 96.8 Å². The van der Waals surface area contributed by atoms with Crippen LogP contribution in [0, 0.1) is 5.92 Å². The number of methoxy groups -OCH3 is 1. The van der Waals surface area contributed by atoms with Crippen LogP contribution in [0.3, 0.4) is 0 Å². The lowest BCUT2D eigenvalue weighted by atomic mass is 9.79. The number of halogens is 1. The molecule has 5 atom stereocenters. The maximum absolute atomic E-state index is 14.7. The second-order valence-electron chi connectivity index (χ2n) is 15.5. The number of pyridine rings is 1. The molecule has 3 aromatic rings. The Hall–Kier alpha value is -4.91. The number of nitrogens with one attached hydrogen (secondary N) is 4. The second kappa shape index (κ2) is 16.0. The van der Waals surface area contributed by atoms with Crippen LogP contribution in [0.4, 0.5) is 10.5 Å². The molecule has 3 fully saturated rings. The minimum absolute atomic E-state index is 0.00956. The Kier molecular flexibility index (Phi) is 11.0. The van der Waals surface area contributed by atoms with Gasteiger partial charge in [0.1, 0.15) is 29.5 Å². The average Bonchev–Trinajstić information content (AvgIpc) is 4.10. The van der Waals surface area contributed by atoms with Crippen molar-refractivity contribution in [2.45, 2.75) is 93.4 Å². The summed E-state index contributed by atoms with van der Waals surface area (Å²) in [7, 11) is -3.52. The normalized spacial score (nSPS) is 26.6. The van der Waals surface area contributed by atoms with Crippen molar-refractivity contribution < 1.29 is 46.7 Å². The monoisotopic (exact) mass is 834 g/mol. The van der Waals surface area contributed by atoms with E-state index in [9.17, 15) is 32.6 Å². The maximum Gasteiger partial charge on any atom is 0.491 e. The third kappa shape index (κ3) is 8.19. The fourth-order valence-electron chi connectivity index (χ4n) is 8.04. The Balaban J connectivity index is 1.08. The van der Waals surface area contributed by atoms with E-state index < -0.39 is 75.8 Å². The predicted molar refractivity (Wildman–Crippen MR) is 214 cm³/mol. The first-order valence-corrected chi connectivity index (χ1v) is 21.4. The number of carbonyl (C=O) groups excluding carboxylic acids is 4. The molecule has 19 heteroatoms. The van der Waals surface area contributed by atoms with Gasteiger partial charge in [0.05, 0.1) is 31.7 Å². The Morgan fingerprint density at radius 2 is 1.93 bits per heavy atom. The van der Waals surface area contributed by atoms with E-state index in [1.165, 1.54) is 18.2 Å². The molecule has 1 aromatic heterocycles. The van der Waals surface area contributed by atoms with Gasteiger partial charge in [-0.15, -0.1) is 0 Å². The van der Waals surface area contributed by atoms with Crippen molar-refractivity contribution in [2.75, 3.05) is 19.0 Å². The Bertz CT molecular complexity index is 2300. The van der Waals surface area contributed by atoms with Gasteiger partial charge in [-0.25, -0.2) is 18.2 Å². The fraction of sp³-hybridized carbons (Fsp3) is 0.462. The summed E-state index contributed by atoms with van der Waals surface area (Å²) in [4.78, 5) is 62.3. The van der Waals surface area contributed by atoms with Crippen molar-refractivity contribution in [1.29, 1.82) is 0 Å². The first kappa shape index (κ1) is 39.9. The molecule has 4 heterocycles. The molecule has 5 N–H and O–H groups in total. The number of rotatable bonds is 8. The van der Waals surface area contributed by atoms with Gasteiger partial charge < -0.3 is 40.0 Å². The third-order valence-corrected chi connectivity index (χ3v) is 13.5. The molecule has 58 heavy (non-hydrogen) atoms. The van der Waals surface area contributed by atoms with E-state index in [-0.39, 0.29) is 38.3 Å². The topological polar surface area (TPSA) is 215 Å². The Labute approximate surface area is 340 Å². The van der Waals surface area contributed by atoms with Gasteiger partial charge in [-0.2, -0.15) is 0 Å². The number of amides is 5. The number of sulfonamides is 1. The van der Waals surface area contributed by atoms with Crippen LogP contribution in [0.25, 0.3) is 10.8 Å². The highest BCUT2D eigenvalue weighted by Crippen LogP contribution is 2.46. The number of nitrogens with zero attached hydrogens (tertiary/aromatic N) is 2. The van der Waals surface area contributed by atoms with E-state index >= 15 is 0 Å². The summed E-state index contributed by atoms with van der Waals surface area (Å²) in [5.41, 5.74) is 0.168. The number of allylic oxidation sites excluding steroid dienone is 1. The molecule has 8 rings (SSSR count). The lowest BCUT2D eigenvalue weighted by Crippen LogP contribution is -2.58. The predicted octanol–water partition coefficient (Wildman–Crippen LogP) is 2.66. The van der Waals surface area contributed by atoms with Crippen LogP contribution >= 0.6 is 11.6 Å². The molecule has 5 aliphatic rings. The van der Waals surface area contributed by atoms with Crippen molar-refractivity contribution >= 4 is 74.4 Å². The molecule has 0 spiro atoms. The van der Waals surface area contributed by atoms with E-state index in [0.717, 1.165) is 18.4 Å². The molecule has 0 bridgehead atoms. The van der Waals surface area contributed by atoms with Crippen molar-refractivity contribution in [1.82, 2.24) is 25.2 Å². The zero-order chi connectivity index (χ0) is 40.8. The molecule has 2 saturated carbocycles. The van der Waals surface area contributed by atoms with Gasteiger partial charge in [0, 0.05) is 33.8 Å². The molecule has 1 saturated heterocycles. The number of aromatic nitrogens is 1. The highest BCUT2D eigenvalue weighted by atomic mass is 35.5. The van der Waals surface area contributed by atoms with Crippen LogP contribution in [0.2, 0.25) is 5.02 Å². The number of hydrogen-bond acceptors (Lipinski definition) is 11. The van der Waals surface area contributed by atoms with Crippen LogP contribution in [-0.2, 0) is 35.7 Å². The first-order chi connectivity index (χ1) is 27.8. The number of benzene rings is 2. The van der Waals surface area contributed by atoms with Gasteiger partial charge >= 0.3 is 13.1 Å². The summed E-state index contributed by atoms with van der Waals surface area (Å²) in [6.45, 7) is 0.170. The molecule has 2 aliphatic carbocycles. The molecule has 0 unspecified atom stereocenters. The van der Waals surface area contributed by atoms with E-state index in [2.05, 4.69) is 25.7 Å². The zero-order valence-corrected chi connectivity index (χ0v) is 33.3. The summed E-state index contributed by atoms with van der Waals surface area (Å²) in [5, 5.41) is 19.6. The number of anilines is 1.